The summed E-state index contributed by atoms with van der Waals surface area (Å²) in [5, 5.41) is 9.54. The van der Waals surface area contributed by atoms with Crippen LogP contribution < -0.4 is 4.74 Å². The topological polar surface area (TPSA) is 54.8 Å². The van der Waals surface area contributed by atoms with E-state index in [1.165, 1.54) is 25.3 Å². The fourth-order valence-electron chi connectivity index (χ4n) is 3.57. The molecule has 0 saturated carbocycles. The van der Waals surface area contributed by atoms with Crippen molar-refractivity contribution in [1.29, 1.82) is 5.26 Å². The molecule has 7 heteroatoms. The van der Waals surface area contributed by atoms with Crippen LogP contribution in [0.2, 0.25) is 5.02 Å². The molecule has 4 nitrogen and oxygen atoms in total. The molecule has 1 saturated heterocycles. The lowest BCUT2D eigenvalue weighted by Crippen LogP contribution is -2.13. The zero-order chi connectivity index (χ0) is 22.0. The second-order valence-corrected chi connectivity index (χ2v) is 7.45. The number of nitriles is 1. The number of methoxy groups -OCH3 is 1. The number of benzene rings is 3. The molecule has 0 spiro atoms. The third-order valence-electron chi connectivity index (χ3n) is 5.21. The molecule has 1 heterocycles. The Labute approximate surface area is 183 Å². The molecular formula is C24H18ClF2NO3. The zero-order valence-corrected chi connectivity index (χ0v) is 17.4. The van der Waals surface area contributed by atoms with Crippen LogP contribution in [0.1, 0.15) is 16.7 Å². The lowest BCUT2D eigenvalue weighted by atomic mass is 9.88. The lowest BCUT2D eigenvalue weighted by molar-refractivity contribution is 0.144. The molecule has 0 radical (unpaired) electrons. The highest BCUT2D eigenvalue weighted by Crippen LogP contribution is 2.48. The van der Waals surface area contributed by atoms with E-state index in [9.17, 15) is 9.65 Å². The van der Waals surface area contributed by atoms with Crippen molar-refractivity contribution in [3.8, 4) is 22.9 Å². The van der Waals surface area contributed by atoms with Crippen LogP contribution in [0.3, 0.4) is 0 Å². The molecule has 1 atom stereocenters. The fourth-order valence-corrected chi connectivity index (χ4v) is 3.81. The Balaban J connectivity index is 1.86. The van der Waals surface area contributed by atoms with Crippen molar-refractivity contribution in [3.05, 3.63) is 87.9 Å². The Kier molecular flexibility index (Phi) is 5.92. The number of rotatable bonds is 7. The minimum atomic E-state index is -0.972. The second kappa shape index (κ2) is 8.64. The SMILES string of the molecule is COCCOc1ccc(C#N)c(-c2cc(C3(c4ccccc4)CO3)c(F)cc2Cl)c1F. The first-order valence-corrected chi connectivity index (χ1v) is 9.93. The van der Waals surface area contributed by atoms with Gasteiger partial charge in [-0.15, -0.1) is 0 Å². The number of ether oxygens (including phenoxy) is 3. The molecule has 31 heavy (non-hydrogen) atoms. The minimum absolute atomic E-state index is 0.0189. The van der Waals surface area contributed by atoms with Crippen molar-refractivity contribution >= 4 is 11.6 Å². The van der Waals surface area contributed by atoms with Gasteiger partial charge < -0.3 is 14.2 Å². The van der Waals surface area contributed by atoms with Crippen LogP contribution in [0.5, 0.6) is 5.75 Å². The van der Waals surface area contributed by atoms with E-state index in [1.807, 2.05) is 36.4 Å². The molecule has 0 bridgehead atoms. The van der Waals surface area contributed by atoms with E-state index in [4.69, 9.17) is 25.8 Å². The van der Waals surface area contributed by atoms with E-state index in [2.05, 4.69) is 0 Å². The Morgan fingerprint density at radius 1 is 1.13 bits per heavy atom. The lowest BCUT2D eigenvalue weighted by Gasteiger charge is -2.18. The third-order valence-corrected chi connectivity index (χ3v) is 5.52. The van der Waals surface area contributed by atoms with Gasteiger partial charge in [-0.05, 0) is 29.8 Å². The summed E-state index contributed by atoms with van der Waals surface area (Å²) in [5.74, 6) is -1.37. The smallest absolute Gasteiger partial charge is 0.174 e. The molecule has 1 unspecified atom stereocenters. The Bertz CT molecular complexity index is 1160. The minimum Gasteiger partial charge on any atom is -0.488 e. The van der Waals surface area contributed by atoms with Crippen LogP contribution in [0.25, 0.3) is 11.1 Å². The van der Waals surface area contributed by atoms with Crippen LogP contribution in [-0.2, 0) is 15.1 Å². The molecule has 158 valence electrons. The molecule has 1 aliphatic heterocycles. The molecule has 4 rings (SSSR count). The van der Waals surface area contributed by atoms with E-state index in [0.29, 0.717) is 0 Å². The quantitative estimate of drug-likeness (QED) is 0.361. The number of halogens is 3. The van der Waals surface area contributed by atoms with Gasteiger partial charge in [0.05, 0.1) is 29.9 Å². The van der Waals surface area contributed by atoms with E-state index < -0.39 is 17.2 Å². The molecule has 0 aliphatic carbocycles. The van der Waals surface area contributed by atoms with Gasteiger partial charge in [-0.25, -0.2) is 8.78 Å². The number of hydrogen-bond donors (Lipinski definition) is 0. The monoisotopic (exact) mass is 441 g/mol. The van der Waals surface area contributed by atoms with Gasteiger partial charge in [-0.2, -0.15) is 5.26 Å². The Morgan fingerprint density at radius 2 is 1.87 bits per heavy atom. The van der Waals surface area contributed by atoms with Crippen molar-refractivity contribution in [2.45, 2.75) is 5.60 Å². The normalized spacial score (nSPS) is 17.3. The van der Waals surface area contributed by atoms with Crippen LogP contribution in [0.15, 0.2) is 54.6 Å². The predicted molar refractivity (Wildman–Crippen MR) is 112 cm³/mol. The number of hydrogen-bond acceptors (Lipinski definition) is 4. The van der Waals surface area contributed by atoms with Gasteiger partial charge in [0, 0.05) is 23.8 Å². The van der Waals surface area contributed by atoms with E-state index in [-0.39, 0.29) is 52.8 Å². The molecule has 1 fully saturated rings. The maximum absolute atomic E-state index is 15.4. The third kappa shape index (κ3) is 3.88. The van der Waals surface area contributed by atoms with Crippen molar-refractivity contribution in [1.82, 2.24) is 0 Å². The van der Waals surface area contributed by atoms with Gasteiger partial charge in [-0.3, -0.25) is 0 Å². The molecule has 3 aromatic carbocycles. The zero-order valence-electron chi connectivity index (χ0n) is 16.6. The summed E-state index contributed by atoms with van der Waals surface area (Å²) in [4.78, 5) is 0. The van der Waals surface area contributed by atoms with Crippen molar-refractivity contribution in [2.75, 3.05) is 26.9 Å². The van der Waals surface area contributed by atoms with E-state index >= 15 is 4.39 Å². The van der Waals surface area contributed by atoms with Gasteiger partial charge in [0.2, 0.25) is 0 Å². The molecule has 0 amide bonds. The van der Waals surface area contributed by atoms with Gasteiger partial charge in [0.1, 0.15) is 18.0 Å². The maximum Gasteiger partial charge on any atom is 0.174 e. The predicted octanol–water partition coefficient (Wildman–Crippen LogP) is 5.46. The summed E-state index contributed by atoms with van der Waals surface area (Å²) in [6.07, 6.45) is 0. The molecule has 3 aromatic rings. The highest BCUT2D eigenvalue weighted by atomic mass is 35.5. The first-order valence-electron chi connectivity index (χ1n) is 9.55. The maximum atomic E-state index is 15.4. The first-order chi connectivity index (χ1) is 15.0. The Hall–Kier alpha value is -2.98. The summed E-state index contributed by atoms with van der Waals surface area (Å²) in [7, 11) is 1.51. The largest absolute Gasteiger partial charge is 0.488 e. The molecule has 0 N–H and O–H groups in total. The second-order valence-electron chi connectivity index (χ2n) is 7.05. The summed E-state index contributed by atoms with van der Waals surface area (Å²) in [6, 6.07) is 16.6. The summed E-state index contributed by atoms with van der Waals surface area (Å²) < 4.78 is 46.4. The van der Waals surface area contributed by atoms with Gasteiger partial charge in [-0.1, -0.05) is 41.9 Å². The van der Waals surface area contributed by atoms with E-state index in [0.717, 1.165) is 11.6 Å². The molecule has 0 aromatic heterocycles. The summed E-state index contributed by atoms with van der Waals surface area (Å²) >= 11 is 6.31. The van der Waals surface area contributed by atoms with Crippen LogP contribution in [0.4, 0.5) is 8.78 Å². The van der Waals surface area contributed by atoms with Gasteiger partial charge in [0.25, 0.3) is 0 Å². The van der Waals surface area contributed by atoms with Crippen LogP contribution >= 0.6 is 11.6 Å². The summed E-state index contributed by atoms with van der Waals surface area (Å²) in [6.45, 7) is 0.683. The number of nitrogens with zero attached hydrogens (tertiary/aromatic N) is 1. The highest BCUT2D eigenvalue weighted by Gasteiger charge is 2.50. The first kappa shape index (κ1) is 21.3. The molecular weight excluding hydrogens is 424 g/mol. The van der Waals surface area contributed by atoms with Crippen molar-refractivity contribution in [3.63, 3.8) is 0 Å². The van der Waals surface area contributed by atoms with Crippen LogP contribution in [0, 0.1) is 23.0 Å². The van der Waals surface area contributed by atoms with Gasteiger partial charge >= 0.3 is 0 Å². The fraction of sp³-hybridized carbons (Fsp3) is 0.208. The van der Waals surface area contributed by atoms with Crippen LogP contribution in [-0.4, -0.2) is 26.9 Å². The van der Waals surface area contributed by atoms with Crippen molar-refractivity contribution in [2.24, 2.45) is 0 Å². The average Bonchev–Trinajstić information content (AvgIpc) is 3.58. The average molecular weight is 442 g/mol. The number of epoxide rings is 1. The van der Waals surface area contributed by atoms with Crippen molar-refractivity contribution < 1.29 is 23.0 Å². The summed E-state index contributed by atoms with van der Waals surface area (Å²) in [5.41, 5.74) is 0.233. The Morgan fingerprint density at radius 3 is 2.52 bits per heavy atom. The van der Waals surface area contributed by atoms with Gasteiger partial charge in [0.15, 0.2) is 11.6 Å². The molecule has 1 aliphatic rings. The van der Waals surface area contributed by atoms with E-state index in [1.54, 1.807) is 0 Å². The highest BCUT2D eigenvalue weighted by molar-refractivity contribution is 6.33. The standard InChI is InChI=1S/C24H18ClF2NO3/c1-29-9-10-30-21-8-7-15(13-28)22(23(21)27)17-11-18(20(26)12-19(17)25)24(14-31-24)16-5-3-2-4-6-16/h2-8,11-12H,9-10,14H2,1H3.